The van der Waals surface area contributed by atoms with E-state index in [1.54, 1.807) is 0 Å². The monoisotopic (exact) mass is 367 g/mol. The lowest BCUT2D eigenvalue weighted by molar-refractivity contribution is -0.135. The number of para-hydroxylation sites is 1. The number of benzene rings is 1. The Morgan fingerprint density at radius 2 is 1.81 bits per heavy atom. The van der Waals surface area contributed by atoms with Crippen LogP contribution in [-0.4, -0.2) is 53.5 Å². The summed E-state index contributed by atoms with van der Waals surface area (Å²) in [6.07, 6.45) is 4.70. The molecule has 0 saturated carbocycles. The van der Waals surface area contributed by atoms with Gasteiger partial charge >= 0.3 is 0 Å². The summed E-state index contributed by atoms with van der Waals surface area (Å²) in [6, 6.07) is 12.1. The van der Waals surface area contributed by atoms with Crippen LogP contribution in [-0.2, 0) is 11.3 Å². The van der Waals surface area contributed by atoms with Crippen LogP contribution >= 0.6 is 0 Å². The molecule has 0 bridgehead atoms. The fourth-order valence-electron chi connectivity index (χ4n) is 3.37. The summed E-state index contributed by atoms with van der Waals surface area (Å²) >= 11 is 0. The zero-order valence-electron chi connectivity index (χ0n) is 16.3. The van der Waals surface area contributed by atoms with Gasteiger partial charge in [-0.05, 0) is 41.7 Å². The Morgan fingerprint density at radius 3 is 2.52 bits per heavy atom. The minimum absolute atomic E-state index is 0.0671. The van der Waals surface area contributed by atoms with E-state index in [0.717, 1.165) is 44.9 Å². The molecule has 0 spiro atoms. The Bertz CT molecular complexity index is 727. The fraction of sp³-hybridized carbons (Fsp3) is 0.455. The fourth-order valence-corrected chi connectivity index (χ4v) is 3.37. The standard InChI is InChI=1S/C22H29N3O2/c1-3-18(2)20-6-4-5-7-21(20)27-17-22(26)25-14-12-24(13-15-25)16-19-8-10-23-11-9-19/h4-11,18H,3,12-17H2,1-2H3. The molecule has 5 nitrogen and oxygen atoms in total. The maximum atomic E-state index is 12.6. The molecule has 2 aromatic rings. The predicted molar refractivity (Wildman–Crippen MR) is 107 cm³/mol. The molecule has 1 aliphatic heterocycles. The number of amides is 1. The molecule has 1 unspecified atom stereocenters. The number of pyridine rings is 1. The highest BCUT2D eigenvalue weighted by atomic mass is 16.5. The number of piperazine rings is 1. The number of nitrogens with zero attached hydrogens (tertiary/aromatic N) is 3. The number of ether oxygens (including phenoxy) is 1. The van der Waals surface area contributed by atoms with Gasteiger partial charge in [-0.2, -0.15) is 0 Å². The van der Waals surface area contributed by atoms with E-state index in [4.69, 9.17) is 4.74 Å². The third-order valence-corrected chi connectivity index (χ3v) is 5.29. The number of carbonyl (C=O) groups is 1. The summed E-state index contributed by atoms with van der Waals surface area (Å²) in [5.41, 5.74) is 2.43. The minimum atomic E-state index is 0.0671. The summed E-state index contributed by atoms with van der Waals surface area (Å²) in [4.78, 5) is 20.9. The van der Waals surface area contributed by atoms with Gasteiger partial charge in [0.25, 0.3) is 5.91 Å². The van der Waals surface area contributed by atoms with Crippen molar-refractivity contribution in [2.75, 3.05) is 32.8 Å². The molecule has 144 valence electrons. The normalized spacial score (nSPS) is 16.1. The zero-order valence-corrected chi connectivity index (χ0v) is 16.3. The molecular weight excluding hydrogens is 338 g/mol. The Kier molecular flexibility index (Phi) is 6.82. The lowest BCUT2D eigenvalue weighted by Gasteiger charge is -2.34. The van der Waals surface area contributed by atoms with E-state index in [9.17, 15) is 4.79 Å². The summed E-state index contributed by atoms with van der Waals surface area (Å²) in [7, 11) is 0. The number of rotatable bonds is 7. The van der Waals surface area contributed by atoms with E-state index < -0.39 is 0 Å². The number of aromatic nitrogens is 1. The van der Waals surface area contributed by atoms with Gasteiger partial charge in [-0.1, -0.05) is 32.0 Å². The molecule has 1 aliphatic rings. The zero-order chi connectivity index (χ0) is 19.1. The molecule has 2 heterocycles. The highest BCUT2D eigenvalue weighted by molar-refractivity contribution is 5.78. The number of carbonyl (C=O) groups excluding carboxylic acids is 1. The van der Waals surface area contributed by atoms with Gasteiger partial charge < -0.3 is 9.64 Å². The first kappa shape index (κ1) is 19.4. The molecule has 0 N–H and O–H groups in total. The van der Waals surface area contributed by atoms with Crippen LogP contribution in [0.3, 0.4) is 0 Å². The maximum Gasteiger partial charge on any atom is 0.260 e. The molecule has 1 aromatic carbocycles. The highest BCUT2D eigenvalue weighted by Gasteiger charge is 2.22. The molecular formula is C22H29N3O2. The summed E-state index contributed by atoms with van der Waals surface area (Å²) in [5.74, 6) is 1.32. The quantitative estimate of drug-likeness (QED) is 0.753. The van der Waals surface area contributed by atoms with Crippen molar-refractivity contribution in [3.63, 3.8) is 0 Å². The van der Waals surface area contributed by atoms with Gasteiger partial charge in [0, 0.05) is 45.1 Å². The van der Waals surface area contributed by atoms with Crippen LogP contribution in [0.5, 0.6) is 5.75 Å². The van der Waals surface area contributed by atoms with Crippen molar-refractivity contribution < 1.29 is 9.53 Å². The first-order chi connectivity index (χ1) is 13.2. The SMILES string of the molecule is CCC(C)c1ccccc1OCC(=O)N1CCN(Cc2ccncc2)CC1. The molecule has 3 rings (SSSR count). The smallest absolute Gasteiger partial charge is 0.260 e. The second kappa shape index (κ2) is 9.51. The lowest BCUT2D eigenvalue weighted by atomic mass is 9.98. The Morgan fingerprint density at radius 1 is 1.11 bits per heavy atom. The van der Waals surface area contributed by atoms with E-state index in [1.165, 1.54) is 11.1 Å². The van der Waals surface area contributed by atoms with Crippen molar-refractivity contribution in [1.29, 1.82) is 0 Å². The predicted octanol–water partition coefficient (Wildman–Crippen LogP) is 3.32. The third-order valence-electron chi connectivity index (χ3n) is 5.29. The third kappa shape index (κ3) is 5.30. The van der Waals surface area contributed by atoms with Crippen molar-refractivity contribution in [2.45, 2.75) is 32.7 Å². The van der Waals surface area contributed by atoms with E-state index in [2.05, 4.69) is 29.8 Å². The topological polar surface area (TPSA) is 45.7 Å². The number of hydrogen-bond donors (Lipinski definition) is 0. The van der Waals surface area contributed by atoms with Gasteiger partial charge in [0.2, 0.25) is 0 Å². The summed E-state index contributed by atoms with van der Waals surface area (Å²) in [6.45, 7) is 8.64. The summed E-state index contributed by atoms with van der Waals surface area (Å²) in [5, 5.41) is 0. The highest BCUT2D eigenvalue weighted by Crippen LogP contribution is 2.28. The molecule has 1 amide bonds. The Hall–Kier alpha value is -2.40. The van der Waals surface area contributed by atoms with Crippen molar-refractivity contribution >= 4 is 5.91 Å². The van der Waals surface area contributed by atoms with Crippen molar-refractivity contribution in [3.8, 4) is 5.75 Å². The minimum Gasteiger partial charge on any atom is -0.483 e. The Balaban J connectivity index is 1.48. The molecule has 27 heavy (non-hydrogen) atoms. The van der Waals surface area contributed by atoms with E-state index in [0.29, 0.717) is 5.92 Å². The van der Waals surface area contributed by atoms with Crippen LogP contribution in [0.15, 0.2) is 48.8 Å². The second-order valence-electron chi connectivity index (χ2n) is 7.15. The van der Waals surface area contributed by atoms with Crippen LogP contribution in [0.4, 0.5) is 0 Å². The Labute approximate surface area is 162 Å². The molecule has 0 aliphatic carbocycles. The van der Waals surface area contributed by atoms with Gasteiger partial charge in [0.05, 0.1) is 0 Å². The average molecular weight is 367 g/mol. The molecule has 1 aromatic heterocycles. The largest absolute Gasteiger partial charge is 0.483 e. The van der Waals surface area contributed by atoms with Gasteiger partial charge in [0.15, 0.2) is 6.61 Å². The van der Waals surface area contributed by atoms with Gasteiger partial charge in [0.1, 0.15) is 5.75 Å². The first-order valence-corrected chi connectivity index (χ1v) is 9.78. The van der Waals surface area contributed by atoms with Crippen LogP contribution in [0, 0.1) is 0 Å². The van der Waals surface area contributed by atoms with E-state index in [-0.39, 0.29) is 12.5 Å². The molecule has 1 saturated heterocycles. The summed E-state index contributed by atoms with van der Waals surface area (Å²) < 4.78 is 5.89. The second-order valence-corrected chi connectivity index (χ2v) is 7.15. The van der Waals surface area contributed by atoms with Crippen LogP contribution in [0.2, 0.25) is 0 Å². The molecule has 0 radical (unpaired) electrons. The average Bonchev–Trinajstić information content (AvgIpc) is 2.73. The van der Waals surface area contributed by atoms with E-state index >= 15 is 0 Å². The lowest BCUT2D eigenvalue weighted by Crippen LogP contribution is -2.49. The van der Waals surface area contributed by atoms with Crippen LogP contribution in [0.25, 0.3) is 0 Å². The van der Waals surface area contributed by atoms with Gasteiger partial charge in [-0.15, -0.1) is 0 Å². The molecule has 1 fully saturated rings. The van der Waals surface area contributed by atoms with Gasteiger partial charge in [-0.3, -0.25) is 14.7 Å². The van der Waals surface area contributed by atoms with Crippen molar-refractivity contribution in [1.82, 2.24) is 14.8 Å². The van der Waals surface area contributed by atoms with Gasteiger partial charge in [-0.25, -0.2) is 0 Å². The van der Waals surface area contributed by atoms with Crippen LogP contribution in [0.1, 0.15) is 37.3 Å². The van der Waals surface area contributed by atoms with Crippen LogP contribution < -0.4 is 4.74 Å². The molecule has 1 atom stereocenters. The van der Waals surface area contributed by atoms with Crippen molar-refractivity contribution in [2.24, 2.45) is 0 Å². The molecule has 5 heteroatoms. The first-order valence-electron chi connectivity index (χ1n) is 9.78. The maximum absolute atomic E-state index is 12.6. The number of hydrogen-bond acceptors (Lipinski definition) is 4. The van der Waals surface area contributed by atoms with E-state index in [1.807, 2.05) is 47.6 Å². The van der Waals surface area contributed by atoms with Crippen molar-refractivity contribution in [3.05, 3.63) is 59.9 Å².